The van der Waals surface area contributed by atoms with Crippen LogP contribution in [0.2, 0.25) is 0 Å². The standard InChI is InChI=1S/C13H8Br2FNO/c1-7-4-9(16)2-3-10(7)13(18)12-11(15)5-8(14)6-17-12/h2-6H,1H3. The van der Waals surface area contributed by atoms with E-state index in [0.29, 0.717) is 21.3 Å². The van der Waals surface area contributed by atoms with E-state index in [1.165, 1.54) is 18.2 Å². The fraction of sp³-hybridized carbons (Fsp3) is 0.0769. The highest BCUT2D eigenvalue weighted by Gasteiger charge is 2.16. The monoisotopic (exact) mass is 371 g/mol. The second-order valence-electron chi connectivity index (χ2n) is 3.77. The van der Waals surface area contributed by atoms with Gasteiger partial charge in [0.05, 0.1) is 0 Å². The number of nitrogens with zero attached hydrogens (tertiary/aromatic N) is 1. The maximum atomic E-state index is 13.0. The van der Waals surface area contributed by atoms with Crippen LogP contribution in [0.1, 0.15) is 21.6 Å². The second-order valence-corrected chi connectivity index (χ2v) is 5.54. The molecule has 0 amide bonds. The number of benzene rings is 1. The minimum Gasteiger partial charge on any atom is -0.287 e. The molecule has 0 radical (unpaired) electrons. The molecule has 0 spiro atoms. The molecule has 2 nitrogen and oxygen atoms in total. The van der Waals surface area contributed by atoms with Crippen molar-refractivity contribution in [1.29, 1.82) is 0 Å². The van der Waals surface area contributed by atoms with Crippen molar-refractivity contribution >= 4 is 37.6 Å². The lowest BCUT2D eigenvalue weighted by molar-refractivity contribution is 0.103. The zero-order valence-corrected chi connectivity index (χ0v) is 12.5. The predicted octanol–water partition coefficient (Wildman–Crippen LogP) is 4.29. The van der Waals surface area contributed by atoms with Gasteiger partial charge in [-0.05, 0) is 68.6 Å². The van der Waals surface area contributed by atoms with Crippen molar-refractivity contribution in [2.45, 2.75) is 6.92 Å². The Hall–Kier alpha value is -1.07. The largest absolute Gasteiger partial charge is 0.287 e. The molecule has 18 heavy (non-hydrogen) atoms. The molecule has 0 fully saturated rings. The van der Waals surface area contributed by atoms with Crippen LogP contribution in [0.5, 0.6) is 0 Å². The lowest BCUT2D eigenvalue weighted by Crippen LogP contribution is -2.07. The van der Waals surface area contributed by atoms with Crippen molar-refractivity contribution in [1.82, 2.24) is 4.98 Å². The molecule has 0 bridgehead atoms. The minimum atomic E-state index is -0.355. The van der Waals surface area contributed by atoms with Gasteiger partial charge < -0.3 is 0 Å². The molecular weight excluding hydrogens is 365 g/mol. The molecule has 2 aromatic rings. The predicted molar refractivity (Wildman–Crippen MR) is 74.2 cm³/mol. The van der Waals surface area contributed by atoms with Gasteiger partial charge in [-0.15, -0.1) is 0 Å². The van der Waals surface area contributed by atoms with E-state index >= 15 is 0 Å². The lowest BCUT2D eigenvalue weighted by Gasteiger charge is -2.06. The first kappa shape index (κ1) is 13.4. The van der Waals surface area contributed by atoms with Gasteiger partial charge in [0.25, 0.3) is 0 Å². The molecule has 0 unspecified atom stereocenters. The molecule has 92 valence electrons. The van der Waals surface area contributed by atoms with E-state index in [0.717, 1.165) is 4.47 Å². The fourth-order valence-corrected chi connectivity index (χ4v) is 2.76. The van der Waals surface area contributed by atoms with Gasteiger partial charge in [0, 0.05) is 20.7 Å². The zero-order chi connectivity index (χ0) is 13.3. The van der Waals surface area contributed by atoms with Crippen LogP contribution < -0.4 is 0 Å². The summed E-state index contributed by atoms with van der Waals surface area (Å²) in [6.07, 6.45) is 1.55. The molecule has 0 saturated heterocycles. The van der Waals surface area contributed by atoms with Gasteiger partial charge in [0.2, 0.25) is 5.78 Å². The summed E-state index contributed by atoms with van der Waals surface area (Å²) in [5.41, 5.74) is 1.36. The van der Waals surface area contributed by atoms with Crippen molar-refractivity contribution in [3.63, 3.8) is 0 Å². The SMILES string of the molecule is Cc1cc(F)ccc1C(=O)c1ncc(Br)cc1Br. The first-order valence-corrected chi connectivity index (χ1v) is 6.69. The van der Waals surface area contributed by atoms with E-state index in [-0.39, 0.29) is 11.6 Å². The Morgan fingerprint density at radius 3 is 2.61 bits per heavy atom. The number of pyridine rings is 1. The van der Waals surface area contributed by atoms with Gasteiger partial charge >= 0.3 is 0 Å². The molecule has 1 heterocycles. The van der Waals surface area contributed by atoms with E-state index in [1.807, 2.05) is 0 Å². The average molecular weight is 373 g/mol. The molecule has 0 aliphatic heterocycles. The molecule has 1 aromatic heterocycles. The zero-order valence-electron chi connectivity index (χ0n) is 9.38. The number of hydrogen-bond acceptors (Lipinski definition) is 2. The van der Waals surface area contributed by atoms with E-state index in [4.69, 9.17) is 0 Å². The van der Waals surface area contributed by atoms with Gasteiger partial charge in [0.1, 0.15) is 11.5 Å². The summed E-state index contributed by atoms with van der Waals surface area (Å²) < 4.78 is 14.4. The third-order valence-electron chi connectivity index (χ3n) is 2.46. The third-order valence-corrected chi connectivity index (χ3v) is 3.49. The average Bonchev–Trinajstić information content (AvgIpc) is 2.28. The molecule has 2 rings (SSSR count). The van der Waals surface area contributed by atoms with Gasteiger partial charge in [-0.3, -0.25) is 9.78 Å². The summed E-state index contributed by atoms with van der Waals surface area (Å²) in [5, 5.41) is 0. The molecule has 0 N–H and O–H groups in total. The van der Waals surface area contributed by atoms with Gasteiger partial charge in [-0.25, -0.2) is 4.39 Å². The Balaban J connectivity index is 2.48. The highest BCUT2D eigenvalue weighted by atomic mass is 79.9. The molecular formula is C13H8Br2FNO. The summed E-state index contributed by atoms with van der Waals surface area (Å²) >= 11 is 6.57. The Kier molecular flexibility index (Phi) is 3.92. The van der Waals surface area contributed by atoms with Crippen LogP contribution in [-0.2, 0) is 0 Å². The Labute approximate surface area is 121 Å². The van der Waals surface area contributed by atoms with Crippen LogP contribution in [0.3, 0.4) is 0 Å². The van der Waals surface area contributed by atoms with Crippen molar-refractivity contribution in [2.75, 3.05) is 0 Å². The fourth-order valence-electron chi connectivity index (χ4n) is 1.59. The highest BCUT2D eigenvalue weighted by Crippen LogP contribution is 2.23. The summed E-state index contributed by atoms with van der Waals surface area (Å²) in [6.45, 7) is 1.70. The number of carbonyl (C=O) groups is 1. The first-order chi connectivity index (χ1) is 8.49. The molecule has 5 heteroatoms. The van der Waals surface area contributed by atoms with Gasteiger partial charge in [-0.1, -0.05) is 0 Å². The maximum absolute atomic E-state index is 13.0. The highest BCUT2D eigenvalue weighted by molar-refractivity contribution is 9.11. The number of halogens is 3. The van der Waals surface area contributed by atoms with E-state index in [9.17, 15) is 9.18 Å². The Morgan fingerprint density at radius 2 is 2.00 bits per heavy atom. The normalized spacial score (nSPS) is 10.4. The molecule has 0 saturated carbocycles. The Bertz CT molecular complexity index is 575. The first-order valence-electron chi connectivity index (χ1n) is 5.11. The van der Waals surface area contributed by atoms with E-state index in [2.05, 4.69) is 36.8 Å². The second kappa shape index (κ2) is 5.28. The van der Waals surface area contributed by atoms with Crippen molar-refractivity contribution in [3.05, 3.63) is 62.0 Å². The number of rotatable bonds is 2. The van der Waals surface area contributed by atoms with Gasteiger partial charge in [0.15, 0.2) is 0 Å². The number of ketones is 1. The third kappa shape index (κ3) is 2.67. The van der Waals surface area contributed by atoms with Crippen LogP contribution in [0.25, 0.3) is 0 Å². The smallest absolute Gasteiger partial charge is 0.212 e. The summed E-state index contributed by atoms with van der Waals surface area (Å²) in [5.74, 6) is -0.584. The molecule has 0 aliphatic carbocycles. The summed E-state index contributed by atoms with van der Waals surface area (Å²) in [7, 11) is 0. The molecule has 0 aliphatic rings. The van der Waals surface area contributed by atoms with Gasteiger partial charge in [-0.2, -0.15) is 0 Å². The number of hydrogen-bond donors (Lipinski definition) is 0. The molecule has 0 atom stereocenters. The van der Waals surface area contributed by atoms with Crippen molar-refractivity contribution < 1.29 is 9.18 Å². The van der Waals surface area contributed by atoms with Crippen LogP contribution in [0.15, 0.2) is 39.4 Å². The van der Waals surface area contributed by atoms with E-state index < -0.39 is 0 Å². The number of carbonyl (C=O) groups excluding carboxylic acids is 1. The van der Waals surface area contributed by atoms with Crippen LogP contribution in [-0.4, -0.2) is 10.8 Å². The number of aryl methyl sites for hydroxylation is 1. The lowest BCUT2D eigenvalue weighted by atomic mass is 10.0. The van der Waals surface area contributed by atoms with Crippen LogP contribution in [0.4, 0.5) is 4.39 Å². The van der Waals surface area contributed by atoms with Crippen molar-refractivity contribution in [2.24, 2.45) is 0 Å². The van der Waals surface area contributed by atoms with Crippen LogP contribution >= 0.6 is 31.9 Å². The summed E-state index contributed by atoms with van der Waals surface area (Å²) in [6, 6.07) is 5.83. The minimum absolute atomic E-state index is 0.230. The quantitative estimate of drug-likeness (QED) is 0.736. The summed E-state index contributed by atoms with van der Waals surface area (Å²) in [4.78, 5) is 16.4. The maximum Gasteiger partial charge on any atom is 0.212 e. The Morgan fingerprint density at radius 1 is 1.28 bits per heavy atom. The van der Waals surface area contributed by atoms with E-state index in [1.54, 1.807) is 19.2 Å². The molecule has 1 aromatic carbocycles. The topological polar surface area (TPSA) is 30.0 Å². The van der Waals surface area contributed by atoms with Crippen molar-refractivity contribution in [3.8, 4) is 0 Å². The number of aromatic nitrogens is 1. The van der Waals surface area contributed by atoms with Crippen LogP contribution in [0, 0.1) is 12.7 Å².